The molecule has 0 aliphatic rings. The van der Waals surface area contributed by atoms with Gasteiger partial charge in [-0.2, -0.15) is 5.10 Å². The predicted octanol–water partition coefficient (Wildman–Crippen LogP) is 2.80. The summed E-state index contributed by atoms with van der Waals surface area (Å²) < 4.78 is 7.78. The predicted molar refractivity (Wildman–Crippen MR) is 79.6 cm³/mol. The van der Waals surface area contributed by atoms with Gasteiger partial charge in [0.15, 0.2) is 11.7 Å². The molecule has 0 atom stereocenters. The molecule has 2 aromatic rings. The summed E-state index contributed by atoms with van der Waals surface area (Å²) >= 11 is 0. The second kappa shape index (κ2) is 6.70. The first kappa shape index (κ1) is 14.8. The van der Waals surface area contributed by atoms with Crippen molar-refractivity contribution in [2.24, 2.45) is 0 Å². The summed E-state index contributed by atoms with van der Waals surface area (Å²) in [5, 5.41) is 7.82. The number of oxazole rings is 1. The maximum atomic E-state index is 5.83. The fourth-order valence-electron chi connectivity index (χ4n) is 2.16. The van der Waals surface area contributed by atoms with Crippen molar-refractivity contribution in [3.05, 3.63) is 23.8 Å². The smallest absolute Gasteiger partial charge is 0.195 e. The molecule has 0 saturated heterocycles. The lowest BCUT2D eigenvalue weighted by molar-refractivity contribution is 0.480. The molecule has 0 spiro atoms. The Labute approximate surface area is 120 Å². The van der Waals surface area contributed by atoms with E-state index >= 15 is 0 Å². The van der Waals surface area contributed by atoms with Crippen LogP contribution in [0.25, 0.3) is 11.5 Å². The van der Waals surface area contributed by atoms with E-state index < -0.39 is 0 Å². The van der Waals surface area contributed by atoms with E-state index in [0.717, 1.165) is 49.0 Å². The summed E-state index contributed by atoms with van der Waals surface area (Å²) in [4.78, 5) is 4.36. The van der Waals surface area contributed by atoms with Crippen molar-refractivity contribution in [2.45, 2.75) is 53.1 Å². The van der Waals surface area contributed by atoms with Gasteiger partial charge in [-0.25, -0.2) is 4.98 Å². The van der Waals surface area contributed by atoms with Gasteiger partial charge >= 0.3 is 0 Å². The van der Waals surface area contributed by atoms with Crippen LogP contribution in [0.2, 0.25) is 0 Å². The molecule has 2 rings (SSSR count). The second-order valence-electron chi connectivity index (χ2n) is 5.32. The van der Waals surface area contributed by atoms with Crippen LogP contribution in [0.4, 0.5) is 0 Å². The number of nitrogens with zero attached hydrogens (tertiary/aromatic N) is 3. The Hall–Kier alpha value is -1.62. The summed E-state index contributed by atoms with van der Waals surface area (Å²) in [6.07, 6.45) is 3.69. The second-order valence-corrected chi connectivity index (χ2v) is 5.32. The van der Waals surface area contributed by atoms with Crippen LogP contribution in [0.5, 0.6) is 0 Å². The lowest BCUT2D eigenvalue weighted by atomic mass is 10.3. The summed E-state index contributed by atoms with van der Waals surface area (Å²) in [6, 6.07) is 2.56. The van der Waals surface area contributed by atoms with Crippen LogP contribution in [-0.4, -0.2) is 27.4 Å². The van der Waals surface area contributed by atoms with Gasteiger partial charge in [0.05, 0.1) is 11.9 Å². The molecule has 2 aromatic heterocycles. The Morgan fingerprint density at radius 3 is 2.90 bits per heavy atom. The van der Waals surface area contributed by atoms with E-state index in [1.807, 2.05) is 17.7 Å². The van der Waals surface area contributed by atoms with Crippen LogP contribution >= 0.6 is 0 Å². The molecule has 0 fully saturated rings. The van der Waals surface area contributed by atoms with Crippen molar-refractivity contribution in [3.8, 4) is 11.5 Å². The molecule has 5 nitrogen and oxygen atoms in total. The van der Waals surface area contributed by atoms with E-state index in [4.69, 9.17) is 4.42 Å². The topological polar surface area (TPSA) is 55.9 Å². The minimum atomic E-state index is 0.525. The van der Waals surface area contributed by atoms with E-state index in [2.05, 4.69) is 36.2 Å². The summed E-state index contributed by atoms with van der Waals surface area (Å²) in [6.45, 7) is 10.2. The quantitative estimate of drug-likeness (QED) is 0.790. The standard InChI is InChI=1S/C15H24N4O/c1-5-19-13(9-12(4)18-19)14-10-17-15(20-14)7-6-8-16-11(2)3/h9-11,16H,5-8H2,1-4H3. The van der Waals surface area contributed by atoms with Crippen LogP contribution in [0.3, 0.4) is 0 Å². The van der Waals surface area contributed by atoms with Gasteiger partial charge in [0, 0.05) is 19.0 Å². The first-order chi connectivity index (χ1) is 9.60. The molecule has 0 aliphatic carbocycles. The van der Waals surface area contributed by atoms with E-state index in [9.17, 15) is 0 Å². The van der Waals surface area contributed by atoms with Crippen molar-refractivity contribution < 1.29 is 4.42 Å². The largest absolute Gasteiger partial charge is 0.439 e. The van der Waals surface area contributed by atoms with Gasteiger partial charge in [0.1, 0.15) is 5.69 Å². The zero-order valence-corrected chi connectivity index (χ0v) is 12.8. The Balaban J connectivity index is 1.98. The lowest BCUT2D eigenvalue weighted by Gasteiger charge is -2.06. The van der Waals surface area contributed by atoms with Crippen molar-refractivity contribution >= 4 is 0 Å². The molecule has 1 N–H and O–H groups in total. The molecule has 2 heterocycles. The van der Waals surface area contributed by atoms with Gasteiger partial charge in [0.25, 0.3) is 0 Å². The summed E-state index contributed by atoms with van der Waals surface area (Å²) in [5.41, 5.74) is 2.00. The summed E-state index contributed by atoms with van der Waals surface area (Å²) in [7, 11) is 0. The van der Waals surface area contributed by atoms with Gasteiger partial charge in [-0.1, -0.05) is 13.8 Å². The molecule has 5 heteroatoms. The number of aromatic nitrogens is 3. The SMILES string of the molecule is CCn1nc(C)cc1-c1cnc(CCCNC(C)C)o1. The van der Waals surface area contributed by atoms with Crippen molar-refractivity contribution in [1.29, 1.82) is 0 Å². The minimum absolute atomic E-state index is 0.525. The third-order valence-electron chi connectivity index (χ3n) is 3.13. The Morgan fingerprint density at radius 2 is 2.20 bits per heavy atom. The van der Waals surface area contributed by atoms with Crippen LogP contribution in [0, 0.1) is 6.92 Å². The monoisotopic (exact) mass is 276 g/mol. The number of hydrogen-bond donors (Lipinski definition) is 1. The molecule has 0 aliphatic heterocycles. The first-order valence-electron chi connectivity index (χ1n) is 7.33. The van der Waals surface area contributed by atoms with Crippen molar-refractivity contribution in [1.82, 2.24) is 20.1 Å². The molecule has 0 radical (unpaired) electrons. The lowest BCUT2D eigenvalue weighted by Crippen LogP contribution is -2.23. The molecule has 110 valence electrons. The highest BCUT2D eigenvalue weighted by Crippen LogP contribution is 2.22. The van der Waals surface area contributed by atoms with Gasteiger partial charge in [0.2, 0.25) is 0 Å². The van der Waals surface area contributed by atoms with E-state index in [-0.39, 0.29) is 0 Å². The van der Waals surface area contributed by atoms with Gasteiger partial charge in [-0.3, -0.25) is 4.68 Å². The van der Waals surface area contributed by atoms with Crippen LogP contribution in [0.15, 0.2) is 16.7 Å². The third-order valence-corrected chi connectivity index (χ3v) is 3.13. The van der Waals surface area contributed by atoms with E-state index in [1.54, 1.807) is 6.20 Å². The molecule has 20 heavy (non-hydrogen) atoms. The number of rotatable bonds is 7. The normalized spacial score (nSPS) is 11.4. The fourth-order valence-corrected chi connectivity index (χ4v) is 2.16. The molecule has 0 saturated carbocycles. The van der Waals surface area contributed by atoms with E-state index in [1.165, 1.54) is 0 Å². The van der Waals surface area contributed by atoms with Crippen LogP contribution in [-0.2, 0) is 13.0 Å². The maximum Gasteiger partial charge on any atom is 0.195 e. The fraction of sp³-hybridized carbons (Fsp3) is 0.600. The molecule has 0 amide bonds. The van der Waals surface area contributed by atoms with Gasteiger partial charge in [-0.05, 0) is 32.9 Å². The average Bonchev–Trinajstić information content (AvgIpc) is 3.00. The number of aryl methyl sites for hydroxylation is 3. The van der Waals surface area contributed by atoms with Crippen molar-refractivity contribution in [3.63, 3.8) is 0 Å². The Morgan fingerprint density at radius 1 is 1.40 bits per heavy atom. The first-order valence-corrected chi connectivity index (χ1v) is 7.33. The maximum absolute atomic E-state index is 5.83. The highest BCUT2D eigenvalue weighted by atomic mass is 16.4. The Kier molecular flexibility index (Phi) is 4.95. The third kappa shape index (κ3) is 3.70. The van der Waals surface area contributed by atoms with Crippen LogP contribution in [0.1, 0.15) is 38.8 Å². The molecule has 0 unspecified atom stereocenters. The van der Waals surface area contributed by atoms with E-state index in [0.29, 0.717) is 6.04 Å². The van der Waals surface area contributed by atoms with Crippen molar-refractivity contribution in [2.75, 3.05) is 6.54 Å². The number of hydrogen-bond acceptors (Lipinski definition) is 4. The molecule has 0 bridgehead atoms. The Bertz CT molecular complexity index is 542. The zero-order chi connectivity index (χ0) is 14.5. The van der Waals surface area contributed by atoms with Gasteiger partial charge in [-0.15, -0.1) is 0 Å². The molecular formula is C15H24N4O. The summed E-state index contributed by atoms with van der Waals surface area (Å²) in [5.74, 6) is 1.60. The van der Waals surface area contributed by atoms with Gasteiger partial charge < -0.3 is 9.73 Å². The number of nitrogens with one attached hydrogen (secondary N) is 1. The minimum Gasteiger partial charge on any atom is -0.439 e. The highest BCUT2D eigenvalue weighted by molar-refractivity contribution is 5.51. The average molecular weight is 276 g/mol. The highest BCUT2D eigenvalue weighted by Gasteiger charge is 2.12. The zero-order valence-electron chi connectivity index (χ0n) is 12.8. The molecule has 0 aromatic carbocycles. The van der Waals surface area contributed by atoms with Crippen LogP contribution < -0.4 is 5.32 Å². The molecular weight excluding hydrogens is 252 g/mol.